The van der Waals surface area contributed by atoms with E-state index in [4.69, 9.17) is 0 Å². The molecule has 0 aliphatic carbocycles. The zero-order valence-electron chi connectivity index (χ0n) is 10.8. The van der Waals surface area contributed by atoms with E-state index < -0.39 is 0 Å². The van der Waals surface area contributed by atoms with Gasteiger partial charge in [0, 0.05) is 19.0 Å². The number of H-pyrrole nitrogens is 1. The van der Waals surface area contributed by atoms with Crippen LogP contribution in [0.25, 0.3) is 10.9 Å². The maximum atomic E-state index is 12.5. The lowest BCUT2D eigenvalue weighted by Crippen LogP contribution is -2.26. The molecule has 0 saturated carbocycles. The van der Waals surface area contributed by atoms with Crippen molar-refractivity contribution in [3.05, 3.63) is 50.8 Å². The van der Waals surface area contributed by atoms with Crippen molar-refractivity contribution in [1.29, 1.82) is 0 Å². The van der Waals surface area contributed by atoms with Crippen LogP contribution in [0.2, 0.25) is 0 Å². The minimum atomic E-state index is -0.0789. The fourth-order valence-electron chi connectivity index (χ4n) is 2.08. The number of benzene rings is 1. The van der Waals surface area contributed by atoms with Gasteiger partial charge in [0.15, 0.2) is 5.69 Å². The summed E-state index contributed by atoms with van der Waals surface area (Å²) in [5, 5.41) is 9.92. The first kappa shape index (κ1) is 13.3. The normalized spacial score (nSPS) is 10.9. The highest BCUT2D eigenvalue weighted by Gasteiger charge is 2.18. The predicted molar refractivity (Wildman–Crippen MR) is 83.9 cm³/mol. The first-order valence-corrected chi connectivity index (χ1v) is 7.74. The molecule has 1 N–H and O–H groups in total. The largest absolute Gasteiger partial charge is 0.336 e. The lowest BCUT2D eigenvalue weighted by atomic mass is 10.2. The van der Waals surface area contributed by atoms with E-state index >= 15 is 0 Å². The third kappa shape index (κ3) is 2.48. The topological polar surface area (TPSA) is 49.0 Å². The molecule has 0 saturated heterocycles. The predicted octanol–water partition coefficient (Wildman–Crippen LogP) is 3.66. The standard InChI is InChI=1S/C14H12BrN3OS/c1-18(7-9-6-12(15)20-8-9)14(19)13-10-4-2-3-5-11(10)16-17-13/h2-6,8H,7H2,1H3,(H,16,17). The molecule has 0 bridgehead atoms. The van der Waals surface area contributed by atoms with E-state index in [1.807, 2.05) is 35.7 Å². The molecule has 0 atom stereocenters. The van der Waals surface area contributed by atoms with Crippen LogP contribution in [0, 0.1) is 0 Å². The number of rotatable bonds is 3. The molecular weight excluding hydrogens is 338 g/mol. The lowest BCUT2D eigenvalue weighted by molar-refractivity contribution is 0.0781. The Morgan fingerprint density at radius 1 is 1.45 bits per heavy atom. The Balaban J connectivity index is 1.84. The average Bonchev–Trinajstić information content (AvgIpc) is 3.04. The van der Waals surface area contributed by atoms with Gasteiger partial charge in [-0.3, -0.25) is 9.89 Å². The van der Waals surface area contributed by atoms with Crippen molar-refractivity contribution >= 4 is 44.1 Å². The van der Waals surface area contributed by atoms with E-state index in [0.717, 1.165) is 20.3 Å². The minimum absolute atomic E-state index is 0.0789. The number of hydrogen-bond acceptors (Lipinski definition) is 3. The van der Waals surface area contributed by atoms with Gasteiger partial charge in [0.2, 0.25) is 0 Å². The highest BCUT2D eigenvalue weighted by Crippen LogP contribution is 2.22. The number of hydrogen-bond donors (Lipinski definition) is 1. The number of thiophene rings is 1. The Hall–Kier alpha value is -1.66. The van der Waals surface area contributed by atoms with Crippen molar-refractivity contribution in [2.45, 2.75) is 6.54 Å². The van der Waals surface area contributed by atoms with Crippen LogP contribution in [-0.4, -0.2) is 28.1 Å². The number of aromatic nitrogens is 2. The second-order valence-corrected chi connectivity index (χ2v) is 6.83. The van der Waals surface area contributed by atoms with Crippen LogP contribution < -0.4 is 0 Å². The third-order valence-electron chi connectivity index (χ3n) is 3.06. The Morgan fingerprint density at radius 3 is 3.00 bits per heavy atom. The maximum Gasteiger partial charge on any atom is 0.275 e. The van der Waals surface area contributed by atoms with Crippen molar-refractivity contribution < 1.29 is 4.79 Å². The fourth-order valence-corrected chi connectivity index (χ4v) is 3.28. The number of fused-ring (bicyclic) bond motifs is 1. The van der Waals surface area contributed by atoms with Gasteiger partial charge in [0.05, 0.1) is 9.30 Å². The van der Waals surface area contributed by atoms with Crippen LogP contribution in [0.1, 0.15) is 16.1 Å². The average molecular weight is 350 g/mol. The van der Waals surface area contributed by atoms with E-state index in [2.05, 4.69) is 26.1 Å². The number of para-hydroxylation sites is 1. The zero-order valence-corrected chi connectivity index (χ0v) is 13.2. The Bertz CT molecular complexity index is 764. The highest BCUT2D eigenvalue weighted by molar-refractivity contribution is 9.11. The van der Waals surface area contributed by atoms with Crippen molar-refractivity contribution in [2.75, 3.05) is 7.05 Å². The summed E-state index contributed by atoms with van der Waals surface area (Å²) in [6.45, 7) is 0.572. The molecule has 0 fully saturated rings. The van der Waals surface area contributed by atoms with Gasteiger partial charge < -0.3 is 4.90 Å². The molecule has 0 aliphatic rings. The minimum Gasteiger partial charge on any atom is -0.336 e. The van der Waals surface area contributed by atoms with Gasteiger partial charge in [-0.15, -0.1) is 11.3 Å². The number of nitrogens with one attached hydrogen (secondary N) is 1. The highest BCUT2D eigenvalue weighted by atomic mass is 79.9. The van der Waals surface area contributed by atoms with E-state index in [1.165, 1.54) is 0 Å². The summed E-state index contributed by atoms with van der Waals surface area (Å²) in [6, 6.07) is 9.67. The van der Waals surface area contributed by atoms with E-state index in [1.54, 1.807) is 23.3 Å². The molecule has 2 heterocycles. The summed E-state index contributed by atoms with van der Waals surface area (Å²) in [4.78, 5) is 14.1. The van der Waals surface area contributed by atoms with Gasteiger partial charge in [0.1, 0.15) is 0 Å². The molecule has 0 unspecified atom stereocenters. The van der Waals surface area contributed by atoms with Crippen molar-refractivity contribution in [2.24, 2.45) is 0 Å². The third-order valence-corrected chi connectivity index (χ3v) is 4.61. The van der Waals surface area contributed by atoms with Gasteiger partial charge in [-0.2, -0.15) is 5.10 Å². The molecule has 20 heavy (non-hydrogen) atoms. The van der Waals surface area contributed by atoms with Crippen molar-refractivity contribution in [3.63, 3.8) is 0 Å². The Labute approximate surface area is 128 Å². The van der Waals surface area contributed by atoms with E-state index in [0.29, 0.717) is 12.2 Å². The monoisotopic (exact) mass is 349 g/mol. The second kappa shape index (κ2) is 5.38. The maximum absolute atomic E-state index is 12.5. The smallest absolute Gasteiger partial charge is 0.275 e. The van der Waals surface area contributed by atoms with E-state index in [9.17, 15) is 4.79 Å². The van der Waals surface area contributed by atoms with Crippen LogP contribution in [-0.2, 0) is 6.54 Å². The molecule has 4 nitrogen and oxygen atoms in total. The van der Waals surface area contributed by atoms with Crippen molar-refractivity contribution in [1.82, 2.24) is 15.1 Å². The van der Waals surface area contributed by atoms with Gasteiger partial charge in [-0.25, -0.2) is 0 Å². The second-order valence-electron chi connectivity index (χ2n) is 4.54. The van der Waals surface area contributed by atoms with Crippen LogP contribution in [0.3, 0.4) is 0 Å². The summed E-state index contributed by atoms with van der Waals surface area (Å²) < 4.78 is 1.07. The Morgan fingerprint density at radius 2 is 2.25 bits per heavy atom. The summed E-state index contributed by atoms with van der Waals surface area (Å²) in [5.74, 6) is -0.0789. The first-order chi connectivity index (χ1) is 9.65. The molecule has 0 aliphatic heterocycles. The number of carbonyl (C=O) groups excluding carboxylic acids is 1. The number of amides is 1. The van der Waals surface area contributed by atoms with E-state index in [-0.39, 0.29) is 5.91 Å². The zero-order chi connectivity index (χ0) is 14.1. The molecule has 1 amide bonds. The van der Waals surface area contributed by atoms with Crippen LogP contribution in [0.4, 0.5) is 0 Å². The van der Waals surface area contributed by atoms with Crippen molar-refractivity contribution in [3.8, 4) is 0 Å². The fraction of sp³-hybridized carbons (Fsp3) is 0.143. The molecular formula is C14H12BrN3OS. The SMILES string of the molecule is CN(Cc1csc(Br)c1)C(=O)c1n[nH]c2ccccc12. The molecule has 0 radical (unpaired) electrons. The number of nitrogens with zero attached hydrogens (tertiary/aromatic N) is 2. The van der Waals surface area contributed by atoms with Gasteiger partial charge in [-0.05, 0) is 39.0 Å². The summed E-state index contributed by atoms with van der Waals surface area (Å²) in [6.07, 6.45) is 0. The van der Waals surface area contributed by atoms with Crippen LogP contribution in [0.15, 0.2) is 39.5 Å². The molecule has 3 rings (SSSR count). The number of aromatic amines is 1. The Kier molecular flexibility index (Phi) is 3.58. The lowest BCUT2D eigenvalue weighted by Gasteiger charge is -2.15. The molecule has 3 aromatic rings. The molecule has 6 heteroatoms. The summed E-state index contributed by atoms with van der Waals surface area (Å²) in [7, 11) is 1.79. The summed E-state index contributed by atoms with van der Waals surface area (Å²) >= 11 is 5.04. The molecule has 1 aromatic carbocycles. The summed E-state index contributed by atoms with van der Waals surface area (Å²) in [5.41, 5.74) is 2.46. The van der Waals surface area contributed by atoms with Gasteiger partial charge in [0.25, 0.3) is 5.91 Å². The van der Waals surface area contributed by atoms with Gasteiger partial charge in [-0.1, -0.05) is 18.2 Å². The molecule has 102 valence electrons. The van der Waals surface area contributed by atoms with Crippen LogP contribution >= 0.6 is 27.3 Å². The van der Waals surface area contributed by atoms with Gasteiger partial charge >= 0.3 is 0 Å². The van der Waals surface area contributed by atoms with Crippen LogP contribution in [0.5, 0.6) is 0 Å². The molecule has 2 aromatic heterocycles. The first-order valence-electron chi connectivity index (χ1n) is 6.06. The molecule has 0 spiro atoms. The number of halogens is 1. The quantitative estimate of drug-likeness (QED) is 0.784. The number of carbonyl (C=O) groups is 1.